The molecule has 2 rings (SSSR count). The highest BCUT2D eigenvalue weighted by atomic mass is 35.5. The summed E-state index contributed by atoms with van der Waals surface area (Å²) in [6, 6.07) is 5.24. The van der Waals surface area contributed by atoms with E-state index in [-0.39, 0.29) is 16.9 Å². The van der Waals surface area contributed by atoms with Crippen LogP contribution in [0, 0.1) is 5.82 Å². The van der Waals surface area contributed by atoms with Crippen molar-refractivity contribution in [1.82, 2.24) is 5.32 Å². The quantitative estimate of drug-likeness (QED) is 0.764. The van der Waals surface area contributed by atoms with Crippen molar-refractivity contribution in [2.45, 2.75) is 45.1 Å². The second-order valence-electron chi connectivity index (χ2n) is 5.04. The van der Waals surface area contributed by atoms with Gasteiger partial charge in [0.2, 0.25) is 0 Å². The lowest BCUT2D eigenvalue weighted by atomic mass is 9.95. The molecule has 0 heterocycles. The van der Waals surface area contributed by atoms with Gasteiger partial charge in [-0.15, -0.1) is 0 Å². The Bertz CT molecular complexity index is 456. The van der Waals surface area contributed by atoms with Crippen LogP contribution in [0.1, 0.15) is 50.6 Å². The van der Waals surface area contributed by atoms with Crippen molar-refractivity contribution in [1.29, 1.82) is 0 Å². The fraction of sp³-hybridized carbons (Fsp3) is 0.500. The third kappa shape index (κ3) is 3.80. The maximum atomic E-state index is 13.6. The Hall–Kier alpha value is -0.860. The molecule has 0 radical (unpaired) electrons. The standard InChI is InChI=1S/C16H21ClFN/c1-2-19-16(12-7-5-3-4-6-8-12)13-9-10-14(17)15(18)11-13/h7,9-11,16,19H,2-6,8H2,1H3. The SMILES string of the molecule is CCNC(C1=CCCCCC1)c1ccc(Cl)c(F)c1. The van der Waals surface area contributed by atoms with E-state index < -0.39 is 0 Å². The van der Waals surface area contributed by atoms with Crippen molar-refractivity contribution in [2.75, 3.05) is 6.54 Å². The Morgan fingerprint density at radius 1 is 1.32 bits per heavy atom. The number of nitrogens with one attached hydrogen (secondary N) is 1. The third-order valence-corrected chi connectivity index (χ3v) is 3.94. The molecule has 1 aromatic carbocycles. The topological polar surface area (TPSA) is 12.0 Å². The molecule has 0 fully saturated rings. The van der Waals surface area contributed by atoms with Gasteiger partial charge in [-0.1, -0.05) is 42.7 Å². The molecule has 19 heavy (non-hydrogen) atoms. The molecule has 0 amide bonds. The van der Waals surface area contributed by atoms with E-state index in [1.165, 1.54) is 24.8 Å². The van der Waals surface area contributed by atoms with Crippen molar-refractivity contribution in [3.8, 4) is 0 Å². The Morgan fingerprint density at radius 2 is 2.16 bits per heavy atom. The Balaban J connectivity index is 2.27. The van der Waals surface area contributed by atoms with Crippen LogP contribution in [-0.4, -0.2) is 6.54 Å². The van der Waals surface area contributed by atoms with Gasteiger partial charge in [-0.3, -0.25) is 0 Å². The minimum absolute atomic E-state index is 0.120. The fourth-order valence-corrected chi connectivity index (χ4v) is 2.78. The monoisotopic (exact) mass is 281 g/mol. The summed E-state index contributed by atoms with van der Waals surface area (Å²) in [7, 11) is 0. The van der Waals surface area contributed by atoms with Crippen LogP contribution in [0.15, 0.2) is 29.8 Å². The third-order valence-electron chi connectivity index (χ3n) is 3.63. The van der Waals surface area contributed by atoms with Crippen LogP contribution in [0.2, 0.25) is 5.02 Å². The molecule has 0 aromatic heterocycles. The van der Waals surface area contributed by atoms with E-state index in [1.54, 1.807) is 12.1 Å². The molecule has 1 unspecified atom stereocenters. The molecule has 0 bridgehead atoms. The summed E-state index contributed by atoms with van der Waals surface area (Å²) in [6.07, 6.45) is 8.33. The van der Waals surface area contributed by atoms with Crippen LogP contribution in [0.3, 0.4) is 0 Å². The summed E-state index contributed by atoms with van der Waals surface area (Å²) in [4.78, 5) is 0. The largest absolute Gasteiger partial charge is 0.307 e. The summed E-state index contributed by atoms with van der Waals surface area (Å²) in [5.74, 6) is -0.337. The molecule has 0 saturated carbocycles. The smallest absolute Gasteiger partial charge is 0.142 e. The maximum absolute atomic E-state index is 13.6. The molecule has 1 nitrogen and oxygen atoms in total. The minimum atomic E-state index is -0.337. The van der Waals surface area contributed by atoms with Gasteiger partial charge in [-0.2, -0.15) is 0 Å². The number of benzene rings is 1. The van der Waals surface area contributed by atoms with Crippen LogP contribution in [-0.2, 0) is 0 Å². The Morgan fingerprint density at radius 3 is 2.89 bits per heavy atom. The van der Waals surface area contributed by atoms with E-state index in [1.807, 2.05) is 6.07 Å². The lowest BCUT2D eigenvalue weighted by Gasteiger charge is -2.22. The zero-order valence-corrected chi connectivity index (χ0v) is 12.1. The van der Waals surface area contributed by atoms with Gasteiger partial charge in [0.25, 0.3) is 0 Å². The highest BCUT2D eigenvalue weighted by Gasteiger charge is 2.17. The average Bonchev–Trinajstić information content (AvgIpc) is 2.68. The molecule has 3 heteroatoms. The van der Waals surface area contributed by atoms with Crippen molar-refractivity contribution < 1.29 is 4.39 Å². The van der Waals surface area contributed by atoms with Gasteiger partial charge in [0, 0.05) is 0 Å². The summed E-state index contributed by atoms with van der Waals surface area (Å²) in [6.45, 7) is 2.95. The molecule has 1 N–H and O–H groups in total. The zero-order valence-electron chi connectivity index (χ0n) is 11.4. The molecule has 1 aromatic rings. The normalized spacial score (nSPS) is 17.7. The number of halogens is 2. The van der Waals surface area contributed by atoms with Crippen LogP contribution in [0.4, 0.5) is 4.39 Å². The molecule has 1 atom stereocenters. The Labute approximate surface area is 119 Å². The van der Waals surface area contributed by atoms with Crippen molar-refractivity contribution >= 4 is 11.6 Å². The van der Waals surface area contributed by atoms with E-state index >= 15 is 0 Å². The minimum Gasteiger partial charge on any atom is -0.307 e. The molecular formula is C16H21ClFN. The van der Waals surface area contributed by atoms with Gasteiger partial charge in [-0.25, -0.2) is 4.39 Å². The summed E-state index contributed by atoms with van der Waals surface area (Å²) >= 11 is 5.76. The summed E-state index contributed by atoms with van der Waals surface area (Å²) < 4.78 is 13.6. The number of rotatable bonds is 4. The van der Waals surface area contributed by atoms with Gasteiger partial charge in [-0.05, 0) is 49.9 Å². The van der Waals surface area contributed by atoms with Crippen LogP contribution >= 0.6 is 11.6 Å². The highest BCUT2D eigenvalue weighted by Crippen LogP contribution is 2.30. The van der Waals surface area contributed by atoms with Crippen LogP contribution in [0.5, 0.6) is 0 Å². The van der Waals surface area contributed by atoms with Gasteiger partial charge >= 0.3 is 0 Å². The summed E-state index contributed by atoms with van der Waals surface area (Å²) in [5.41, 5.74) is 2.36. The van der Waals surface area contributed by atoms with E-state index in [0.29, 0.717) is 0 Å². The van der Waals surface area contributed by atoms with Gasteiger partial charge < -0.3 is 5.32 Å². The molecular weight excluding hydrogens is 261 g/mol. The number of allylic oxidation sites excluding steroid dienone is 1. The second-order valence-corrected chi connectivity index (χ2v) is 5.45. The lowest BCUT2D eigenvalue weighted by molar-refractivity contribution is 0.578. The number of likely N-dealkylation sites (N-methyl/N-ethyl adjacent to an activating group) is 1. The molecule has 104 valence electrons. The van der Waals surface area contributed by atoms with E-state index in [0.717, 1.165) is 24.9 Å². The van der Waals surface area contributed by atoms with Crippen molar-refractivity contribution in [3.63, 3.8) is 0 Å². The fourth-order valence-electron chi connectivity index (χ4n) is 2.66. The molecule has 1 aliphatic carbocycles. The molecule has 0 aliphatic heterocycles. The average molecular weight is 282 g/mol. The van der Waals surface area contributed by atoms with Gasteiger partial charge in [0.15, 0.2) is 0 Å². The Kier molecular flexibility index (Phi) is 5.41. The van der Waals surface area contributed by atoms with Crippen molar-refractivity contribution in [2.24, 2.45) is 0 Å². The summed E-state index contributed by atoms with van der Waals surface area (Å²) in [5, 5.41) is 3.65. The lowest BCUT2D eigenvalue weighted by Crippen LogP contribution is -2.23. The highest BCUT2D eigenvalue weighted by molar-refractivity contribution is 6.30. The predicted molar refractivity (Wildman–Crippen MR) is 79.0 cm³/mol. The molecule has 0 saturated heterocycles. The van der Waals surface area contributed by atoms with Crippen LogP contribution < -0.4 is 5.32 Å². The first-order valence-corrected chi connectivity index (χ1v) is 7.47. The van der Waals surface area contributed by atoms with E-state index in [2.05, 4.69) is 18.3 Å². The van der Waals surface area contributed by atoms with Gasteiger partial charge in [0.05, 0.1) is 11.1 Å². The van der Waals surface area contributed by atoms with Crippen LogP contribution in [0.25, 0.3) is 0 Å². The second kappa shape index (κ2) is 7.06. The van der Waals surface area contributed by atoms with Gasteiger partial charge in [0.1, 0.15) is 5.82 Å². The number of hydrogen-bond acceptors (Lipinski definition) is 1. The molecule has 1 aliphatic rings. The maximum Gasteiger partial charge on any atom is 0.142 e. The van der Waals surface area contributed by atoms with Crippen molar-refractivity contribution in [3.05, 3.63) is 46.3 Å². The first-order chi connectivity index (χ1) is 9.22. The number of hydrogen-bond donors (Lipinski definition) is 1. The first kappa shape index (κ1) is 14.5. The van der Waals surface area contributed by atoms with E-state index in [9.17, 15) is 4.39 Å². The zero-order chi connectivity index (χ0) is 13.7. The molecule has 0 spiro atoms. The predicted octanol–water partition coefficient (Wildman–Crippen LogP) is 5.02. The first-order valence-electron chi connectivity index (χ1n) is 7.09. The van der Waals surface area contributed by atoms with E-state index in [4.69, 9.17) is 11.6 Å².